The number of carbonyl (C=O) groups excluding carboxylic acids is 2. The molecule has 0 saturated heterocycles. The molecule has 0 atom stereocenters. The van der Waals surface area contributed by atoms with E-state index < -0.39 is 0 Å². The van der Waals surface area contributed by atoms with E-state index in [0.29, 0.717) is 21.8 Å². The van der Waals surface area contributed by atoms with Crippen LogP contribution in [-0.2, 0) is 16.0 Å². The normalized spacial score (nSPS) is 13.9. The standard InChI is InChI=1S/C26H23ClN2O2/c1-4-18-6-13-22(14-7-18)29-25(30)23(19-8-10-20(27)11-9-19)24(26(29)31)28-21-12-5-16(2)17(3)15-21/h5-15,28H,4H2,1-3H3. The molecule has 4 nitrogen and oxygen atoms in total. The van der Waals surface area contributed by atoms with E-state index in [1.165, 1.54) is 4.90 Å². The second-order valence-corrected chi connectivity index (χ2v) is 8.08. The summed E-state index contributed by atoms with van der Waals surface area (Å²) in [6.07, 6.45) is 0.885. The minimum atomic E-state index is -0.377. The van der Waals surface area contributed by atoms with Crippen LogP contribution in [-0.4, -0.2) is 11.8 Å². The maximum Gasteiger partial charge on any atom is 0.282 e. The molecule has 3 aromatic rings. The fraction of sp³-hybridized carbons (Fsp3) is 0.154. The van der Waals surface area contributed by atoms with Crippen molar-refractivity contribution in [3.05, 3.63) is 99.7 Å². The van der Waals surface area contributed by atoms with Crippen molar-refractivity contribution in [2.45, 2.75) is 27.2 Å². The van der Waals surface area contributed by atoms with Gasteiger partial charge in [-0.05, 0) is 78.9 Å². The molecule has 1 aliphatic rings. The van der Waals surface area contributed by atoms with Crippen molar-refractivity contribution in [3.63, 3.8) is 0 Å². The van der Waals surface area contributed by atoms with E-state index in [9.17, 15) is 9.59 Å². The van der Waals surface area contributed by atoms with Gasteiger partial charge in [0.15, 0.2) is 0 Å². The van der Waals surface area contributed by atoms with Crippen molar-refractivity contribution in [1.29, 1.82) is 0 Å². The van der Waals surface area contributed by atoms with E-state index in [4.69, 9.17) is 11.6 Å². The Morgan fingerprint density at radius 3 is 2.13 bits per heavy atom. The fourth-order valence-electron chi connectivity index (χ4n) is 3.61. The molecule has 0 spiro atoms. The monoisotopic (exact) mass is 430 g/mol. The Hall–Kier alpha value is -3.37. The first-order valence-electron chi connectivity index (χ1n) is 10.2. The number of nitrogens with one attached hydrogen (secondary N) is 1. The van der Waals surface area contributed by atoms with Crippen LogP contribution in [0.3, 0.4) is 0 Å². The first-order valence-corrected chi connectivity index (χ1v) is 10.6. The molecular formula is C26H23ClN2O2. The van der Waals surface area contributed by atoms with Crippen molar-refractivity contribution < 1.29 is 9.59 Å². The van der Waals surface area contributed by atoms with Crippen molar-refractivity contribution in [2.24, 2.45) is 0 Å². The lowest BCUT2D eigenvalue weighted by Crippen LogP contribution is -2.32. The summed E-state index contributed by atoms with van der Waals surface area (Å²) in [5.74, 6) is -0.736. The van der Waals surface area contributed by atoms with E-state index in [-0.39, 0.29) is 17.5 Å². The Morgan fingerprint density at radius 2 is 1.52 bits per heavy atom. The zero-order valence-corrected chi connectivity index (χ0v) is 18.5. The number of imide groups is 1. The van der Waals surface area contributed by atoms with E-state index >= 15 is 0 Å². The van der Waals surface area contributed by atoms with Crippen LogP contribution in [0.25, 0.3) is 5.57 Å². The van der Waals surface area contributed by atoms with Crippen LogP contribution < -0.4 is 10.2 Å². The average molecular weight is 431 g/mol. The smallest absolute Gasteiger partial charge is 0.282 e. The molecule has 1 N–H and O–H groups in total. The summed E-state index contributed by atoms with van der Waals surface area (Å²) in [4.78, 5) is 28.1. The molecule has 3 aromatic carbocycles. The highest BCUT2D eigenvalue weighted by molar-refractivity contribution is 6.46. The number of anilines is 2. The zero-order chi connectivity index (χ0) is 22.1. The summed E-state index contributed by atoms with van der Waals surface area (Å²) in [6.45, 7) is 6.11. The lowest BCUT2D eigenvalue weighted by atomic mass is 10.0. The molecule has 0 bridgehead atoms. The predicted molar refractivity (Wildman–Crippen MR) is 126 cm³/mol. The Bertz CT molecular complexity index is 1200. The fourth-order valence-corrected chi connectivity index (χ4v) is 3.73. The Labute approximate surface area is 187 Å². The van der Waals surface area contributed by atoms with Gasteiger partial charge in [0.25, 0.3) is 11.8 Å². The van der Waals surface area contributed by atoms with E-state index in [1.807, 2.05) is 56.3 Å². The van der Waals surface area contributed by atoms with Gasteiger partial charge in [0.1, 0.15) is 5.70 Å². The summed E-state index contributed by atoms with van der Waals surface area (Å²) in [7, 11) is 0. The van der Waals surface area contributed by atoms with Crippen LogP contribution in [0.5, 0.6) is 0 Å². The highest BCUT2D eigenvalue weighted by Gasteiger charge is 2.40. The summed E-state index contributed by atoms with van der Waals surface area (Å²) >= 11 is 6.04. The van der Waals surface area contributed by atoms with Crippen LogP contribution >= 0.6 is 11.6 Å². The largest absolute Gasteiger partial charge is 0.350 e. The summed E-state index contributed by atoms with van der Waals surface area (Å²) < 4.78 is 0. The third kappa shape index (κ3) is 3.99. The topological polar surface area (TPSA) is 49.4 Å². The minimum Gasteiger partial charge on any atom is -0.350 e. The van der Waals surface area contributed by atoms with Gasteiger partial charge in [-0.15, -0.1) is 0 Å². The van der Waals surface area contributed by atoms with E-state index in [2.05, 4.69) is 12.2 Å². The average Bonchev–Trinajstić information content (AvgIpc) is 3.01. The lowest BCUT2D eigenvalue weighted by Gasteiger charge is -2.16. The summed E-state index contributed by atoms with van der Waals surface area (Å²) in [6, 6.07) is 20.3. The Kier molecular flexibility index (Phi) is 5.66. The second kappa shape index (κ2) is 8.40. The van der Waals surface area contributed by atoms with Crippen molar-refractivity contribution in [1.82, 2.24) is 0 Å². The third-order valence-corrected chi connectivity index (χ3v) is 5.85. The van der Waals surface area contributed by atoms with Crippen LogP contribution in [0.15, 0.2) is 72.4 Å². The van der Waals surface area contributed by atoms with Gasteiger partial charge >= 0.3 is 0 Å². The van der Waals surface area contributed by atoms with Gasteiger partial charge in [0.05, 0.1) is 11.3 Å². The maximum atomic E-state index is 13.5. The van der Waals surface area contributed by atoms with Crippen molar-refractivity contribution >= 4 is 40.4 Å². The van der Waals surface area contributed by atoms with Gasteiger partial charge in [-0.1, -0.05) is 48.9 Å². The highest BCUT2D eigenvalue weighted by Crippen LogP contribution is 2.34. The molecule has 0 saturated carbocycles. The van der Waals surface area contributed by atoms with Gasteiger partial charge < -0.3 is 5.32 Å². The minimum absolute atomic E-state index is 0.259. The third-order valence-electron chi connectivity index (χ3n) is 5.60. The molecule has 4 rings (SSSR count). The molecular weight excluding hydrogens is 408 g/mol. The number of benzene rings is 3. The number of nitrogens with zero attached hydrogens (tertiary/aromatic N) is 1. The molecule has 5 heteroatoms. The zero-order valence-electron chi connectivity index (χ0n) is 17.7. The maximum absolute atomic E-state index is 13.5. The molecule has 1 heterocycles. The molecule has 0 aromatic heterocycles. The number of hydrogen-bond donors (Lipinski definition) is 1. The Morgan fingerprint density at radius 1 is 0.839 bits per heavy atom. The van der Waals surface area contributed by atoms with Crippen molar-refractivity contribution in [3.8, 4) is 0 Å². The molecule has 0 unspecified atom stereocenters. The number of halogens is 1. The van der Waals surface area contributed by atoms with Crippen molar-refractivity contribution in [2.75, 3.05) is 10.2 Å². The van der Waals surface area contributed by atoms with Gasteiger partial charge in [-0.2, -0.15) is 0 Å². The number of hydrogen-bond acceptors (Lipinski definition) is 3. The van der Waals surface area contributed by atoms with Gasteiger partial charge in [0, 0.05) is 10.7 Å². The first-order chi connectivity index (χ1) is 14.9. The number of carbonyl (C=O) groups is 2. The first kappa shape index (κ1) is 20.9. The molecule has 0 fully saturated rings. The highest BCUT2D eigenvalue weighted by atomic mass is 35.5. The molecule has 0 radical (unpaired) electrons. The quantitative estimate of drug-likeness (QED) is 0.511. The van der Waals surface area contributed by atoms with Gasteiger partial charge in [-0.25, -0.2) is 4.90 Å². The van der Waals surface area contributed by atoms with Crippen LogP contribution in [0.4, 0.5) is 11.4 Å². The Balaban J connectivity index is 1.80. The lowest BCUT2D eigenvalue weighted by molar-refractivity contribution is -0.120. The molecule has 0 aliphatic carbocycles. The number of rotatable bonds is 5. The second-order valence-electron chi connectivity index (χ2n) is 7.65. The summed E-state index contributed by atoms with van der Waals surface area (Å²) in [5.41, 5.74) is 5.94. The van der Waals surface area contributed by atoms with Gasteiger partial charge in [-0.3, -0.25) is 9.59 Å². The van der Waals surface area contributed by atoms with E-state index in [1.54, 1.807) is 24.3 Å². The molecule has 31 heavy (non-hydrogen) atoms. The molecule has 2 amide bonds. The van der Waals surface area contributed by atoms with Crippen LogP contribution in [0, 0.1) is 13.8 Å². The van der Waals surface area contributed by atoms with Crippen LogP contribution in [0.1, 0.15) is 29.2 Å². The SMILES string of the molecule is CCc1ccc(N2C(=O)C(Nc3ccc(C)c(C)c3)=C(c3ccc(Cl)cc3)C2=O)cc1. The van der Waals surface area contributed by atoms with Gasteiger partial charge in [0.2, 0.25) is 0 Å². The molecule has 156 valence electrons. The number of amides is 2. The number of aryl methyl sites for hydroxylation is 3. The molecule has 1 aliphatic heterocycles. The van der Waals surface area contributed by atoms with E-state index in [0.717, 1.165) is 28.8 Å². The summed E-state index contributed by atoms with van der Waals surface area (Å²) in [5, 5.41) is 3.78. The van der Waals surface area contributed by atoms with Crippen LogP contribution in [0.2, 0.25) is 5.02 Å². The predicted octanol–water partition coefficient (Wildman–Crippen LogP) is 5.92.